The molecular weight excluding hydrogens is 281 g/mol. The largest absolute Gasteiger partial charge is 0.398 e. The number of sulfonamides is 1. The van der Waals surface area contributed by atoms with Gasteiger partial charge in [0.05, 0.1) is 5.69 Å². The Bertz CT molecular complexity index is 760. The van der Waals surface area contributed by atoms with Crippen molar-refractivity contribution < 1.29 is 12.8 Å². The monoisotopic (exact) mass is 295 g/mol. The number of nitrogens with zero attached hydrogens (tertiary/aromatic N) is 1. The Hall–Kier alpha value is -2.15. The number of nitrogens with one attached hydrogen (secondary N) is 1. The molecule has 0 unspecified atom stereocenters. The number of aryl methyl sites for hydroxylation is 1. The van der Waals surface area contributed by atoms with E-state index in [-0.39, 0.29) is 0 Å². The highest BCUT2D eigenvalue weighted by molar-refractivity contribution is 7.92. The summed E-state index contributed by atoms with van der Waals surface area (Å²) in [6.07, 6.45) is 1.22. The van der Waals surface area contributed by atoms with Crippen LogP contribution in [0.4, 0.5) is 15.8 Å². The first-order chi connectivity index (χ1) is 9.33. The van der Waals surface area contributed by atoms with Gasteiger partial charge in [0.2, 0.25) is 5.03 Å². The maximum atomic E-state index is 13.5. The summed E-state index contributed by atoms with van der Waals surface area (Å²) in [6, 6.07) is 5.63. The Balaban J connectivity index is 2.45. The van der Waals surface area contributed by atoms with Gasteiger partial charge in [0.15, 0.2) is 5.82 Å². The molecule has 0 saturated heterocycles. The van der Waals surface area contributed by atoms with Gasteiger partial charge in [-0.2, -0.15) is 8.42 Å². The molecule has 0 saturated carbocycles. The number of hydrogen-bond donors (Lipinski definition) is 2. The van der Waals surface area contributed by atoms with Gasteiger partial charge in [0.1, 0.15) is 0 Å². The molecule has 20 heavy (non-hydrogen) atoms. The van der Waals surface area contributed by atoms with Gasteiger partial charge in [-0.15, -0.1) is 0 Å². The van der Waals surface area contributed by atoms with Crippen molar-refractivity contribution in [1.29, 1.82) is 0 Å². The van der Waals surface area contributed by atoms with Gasteiger partial charge in [-0.25, -0.2) is 9.37 Å². The van der Waals surface area contributed by atoms with Crippen LogP contribution < -0.4 is 10.5 Å². The molecule has 0 spiro atoms. The Morgan fingerprint density at radius 2 is 1.95 bits per heavy atom. The Morgan fingerprint density at radius 1 is 1.25 bits per heavy atom. The third-order valence-electron chi connectivity index (χ3n) is 2.96. The minimum atomic E-state index is -4.09. The van der Waals surface area contributed by atoms with Gasteiger partial charge in [0.25, 0.3) is 10.0 Å². The third kappa shape index (κ3) is 2.57. The predicted molar refractivity (Wildman–Crippen MR) is 75.3 cm³/mol. The zero-order valence-electron chi connectivity index (χ0n) is 11.0. The van der Waals surface area contributed by atoms with Crippen molar-refractivity contribution in [3.05, 3.63) is 47.4 Å². The summed E-state index contributed by atoms with van der Waals surface area (Å²) in [7, 11) is -4.09. The van der Waals surface area contributed by atoms with E-state index in [0.29, 0.717) is 16.9 Å². The molecule has 1 heterocycles. The van der Waals surface area contributed by atoms with Crippen molar-refractivity contribution in [2.75, 3.05) is 10.5 Å². The lowest BCUT2D eigenvalue weighted by Crippen LogP contribution is -2.17. The van der Waals surface area contributed by atoms with Crippen LogP contribution in [-0.4, -0.2) is 13.4 Å². The van der Waals surface area contributed by atoms with Gasteiger partial charge in [-0.1, -0.05) is 6.07 Å². The van der Waals surface area contributed by atoms with Gasteiger partial charge in [-0.05, 0) is 43.2 Å². The van der Waals surface area contributed by atoms with Crippen LogP contribution in [0.25, 0.3) is 0 Å². The molecule has 0 aliphatic rings. The Kier molecular flexibility index (Phi) is 3.63. The summed E-state index contributed by atoms with van der Waals surface area (Å²) in [4.78, 5) is 3.56. The number of nitrogens with two attached hydrogens (primary N) is 1. The molecule has 0 radical (unpaired) electrons. The molecule has 2 rings (SSSR count). The van der Waals surface area contributed by atoms with Gasteiger partial charge >= 0.3 is 0 Å². The minimum absolute atomic E-state index is 0.304. The van der Waals surface area contributed by atoms with E-state index in [2.05, 4.69) is 9.71 Å². The number of halogens is 1. The zero-order valence-corrected chi connectivity index (χ0v) is 11.8. The first-order valence-corrected chi connectivity index (χ1v) is 7.30. The second-order valence-corrected chi connectivity index (χ2v) is 5.96. The smallest absolute Gasteiger partial charge is 0.282 e. The van der Waals surface area contributed by atoms with E-state index < -0.39 is 20.9 Å². The summed E-state index contributed by atoms with van der Waals surface area (Å²) in [5.41, 5.74) is 8.07. The number of aromatic nitrogens is 1. The highest BCUT2D eigenvalue weighted by Gasteiger charge is 2.21. The highest BCUT2D eigenvalue weighted by Crippen LogP contribution is 2.26. The van der Waals surface area contributed by atoms with E-state index in [4.69, 9.17) is 5.73 Å². The molecule has 0 atom stereocenters. The van der Waals surface area contributed by atoms with E-state index >= 15 is 0 Å². The number of benzene rings is 1. The number of hydrogen-bond acceptors (Lipinski definition) is 4. The normalized spacial score (nSPS) is 11.3. The fourth-order valence-electron chi connectivity index (χ4n) is 1.74. The summed E-state index contributed by atoms with van der Waals surface area (Å²) >= 11 is 0. The lowest BCUT2D eigenvalue weighted by atomic mass is 10.1. The van der Waals surface area contributed by atoms with Crippen LogP contribution in [0.15, 0.2) is 35.5 Å². The molecule has 5 nitrogen and oxygen atoms in total. The fourth-order valence-corrected chi connectivity index (χ4v) is 2.87. The summed E-state index contributed by atoms with van der Waals surface area (Å²) in [5, 5.41) is -0.640. The van der Waals surface area contributed by atoms with Crippen LogP contribution in [0.3, 0.4) is 0 Å². The van der Waals surface area contributed by atoms with Crippen molar-refractivity contribution in [2.24, 2.45) is 0 Å². The summed E-state index contributed by atoms with van der Waals surface area (Å²) < 4.78 is 40.1. The SMILES string of the molecule is Cc1ccc(NS(=O)(=O)c2ncccc2F)c(C)c1N. The average molecular weight is 295 g/mol. The zero-order chi connectivity index (χ0) is 14.9. The second-order valence-electron chi connectivity index (χ2n) is 4.36. The first kappa shape index (κ1) is 14.3. The molecule has 1 aromatic carbocycles. The minimum Gasteiger partial charge on any atom is -0.398 e. The molecule has 0 amide bonds. The first-order valence-electron chi connectivity index (χ1n) is 5.82. The number of anilines is 2. The number of pyridine rings is 1. The molecule has 2 aromatic rings. The topological polar surface area (TPSA) is 85.1 Å². The van der Waals surface area contributed by atoms with Crippen molar-refractivity contribution in [3.8, 4) is 0 Å². The summed E-state index contributed by atoms with van der Waals surface area (Å²) in [6.45, 7) is 3.51. The van der Waals surface area contributed by atoms with E-state index in [0.717, 1.165) is 11.6 Å². The van der Waals surface area contributed by atoms with Crippen LogP contribution in [0.2, 0.25) is 0 Å². The molecular formula is C13H14FN3O2S. The molecule has 3 N–H and O–H groups in total. The van der Waals surface area contributed by atoms with Crippen molar-refractivity contribution in [2.45, 2.75) is 18.9 Å². The van der Waals surface area contributed by atoms with Crippen molar-refractivity contribution >= 4 is 21.4 Å². The van der Waals surface area contributed by atoms with Gasteiger partial charge in [-0.3, -0.25) is 4.72 Å². The van der Waals surface area contributed by atoms with Crippen LogP contribution >= 0.6 is 0 Å². The van der Waals surface area contributed by atoms with E-state index in [9.17, 15) is 12.8 Å². The molecule has 0 aliphatic carbocycles. The van der Waals surface area contributed by atoms with Crippen molar-refractivity contribution in [1.82, 2.24) is 4.98 Å². The van der Waals surface area contributed by atoms with Gasteiger partial charge < -0.3 is 5.73 Å². The van der Waals surface area contributed by atoms with Crippen LogP contribution in [0.5, 0.6) is 0 Å². The van der Waals surface area contributed by atoms with Crippen LogP contribution in [0, 0.1) is 19.7 Å². The standard InChI is InChI=1S/C13H14FN3O2S/c1-8-5-6-11(9(2)12(8)15)17-20(18,19)13-10(14)4-3-7-16-13/h3-7,17H,15H2,1-2H3. The number of rotatable bonds is 3. The predicted octanol–water partition coefficient (Wildman–Crippen LogP) is 2.22. The highest BCUT2D eigenvalue weighted by atomic mass is 32.2. The Morgan fingerprint density at radius 3 is 2.60 bits per heavy atom. The molecule has 106 valence electrons. The van der Waals surface area contributed by atoms with Crippen molar-refractivity contribution in [3.63, 3.8) is 0 Å². The van der Waals surface area contributed by atoms with Crippen LogP contribution in [0.1, 0.15) is 11.1 Å². The van der Waals surface area contributed by atoms with E-state index in [1.54, 1.807) is 19.1 Å². The quantitative estimate of drug-likeness (QED) is 0.850. The molecule has 0 aliphatic heterocycles. The lowest BCUT2D eigenvalue weighted by molar-refractivity contribution is 0.557. The number of nitrogen functional groups attached to an aromatic ring is 1. The van der Waals surface area contributed by atoms with Gasteiger partial charge in [0, 0.05) is 11.9 Å². The Labute approximate surface area is 116 Å². The summed E-state index contributed by atoms with van der Waals surface area (Å²) in [5.74, 6) is -0.905. The average Bonchev–Trinajstić information content (AvgIpc) is 2.40. The molecule has 0 bridgehead atoms. The van der Waals surface area contributed by atoms with Crippen LogP contribution in [-0.2, 0) is 10.0 Å². The molecule has 7 heteroatoms. The maximum absolute atomic E-state index is 13.5. The maximum Gasteiger partial charge on any atom is 0.282 e. The molecule has 1 aromatic heterocycles. The molecule has 0 fully saturated rings. The van der Waals surface area contributed by atoms with E-state index in [1.165, 1.54) is 12.3 Å². The second kappa shape index (κ2) is 5.09. The third-order valence-corrected chi connectivity index (χ3v) is 4.25. The van der Waals surface area contributed by atoms with E-state index in [1.807, 2.05) is 6.92 Å². The fraction of sp³-hybridized carbons (Fsp3) is 0.154. The lowest BCUT2D eigenvalue weighted by Gasteiger charge is -2.13.